The van der Waals surface area contributed by atoms with Gasteiger partial charge in [0.2, 0.25) is 0 Å². The van der Waals surface area contributed by atoms with Crippen molar-refractivity contribution in [3.05, 3.63) is 70.3 Å². The Kier molecular flexibility index (Phi) is 7.45. The molecule has 2 heterocycles. The molecule has 8 nitrogen and oxygen atoms in total. The highest BCUT2D eigenvalue weighted by atomic mass is 16.5. The van der Waals surface area contributed by atoms with Gasteiger partial charge in [-0.1, -0.05) is 26.0 Å². The Morgan fingerprint density at radius 2 is 1.78 bits per heavy atom. The molecule has 2 atom stereocenters. The van der Waals surface area contributed by atoms with Gasteiger partial charge in [0.25, 0.3) is 11.7 Å². The third-order valence-corrected chi connectivity index (χ3v) is 6.91. The van der Waals surface area contributed by atoms with Crippen LogP contribution in [0.3, 0.4) is 0 Å². The molecule has 0 saturated carbocycles. The zero-order valence-corrected chi connectivity index (χ0v) is 21.1. The number of benzene rings is 2. The number of aliphatic hydroxyl groups is 1. The van der Waals surface area contributed by atoms with E-state index in [-0.39, 0.29) is 17.4 Å². The van der Waals surface area contributed by atoms with Crippen LogP contribution in [0, 0.1) is 0 Å². The van der Waals surface area contributed by atoms with E-state index >= 15 is 0 Å². The van der Waals surface area contributed by atoms with Crippen LogP contribution in [0.1, 0.15) is 53.9 Å². The van der Waals surface area contributed by atoms with Crippen molar-refractivity contribution < 1.29 is 29.0 Å². The molecule has 36 heavy (non-hydrogen) atoms. The van der Waals surface area contributed by atoms with Gasteiger partial charge >= 0.3 is 5.97 Å². The molecular formula is C28H32N2O6. The number of Topliss-reactive ketones (excluding diaryl/α,β-unsaturated/α-hetero) is 1. The van der Waals surface area contributed by atoms with Gasteiger partial charge in [-0.05, 0) is 61.5 Å². The van der Waals surface area contributed by atoms with Crippen molar-refractivity contribution in [1.82, 2.24) is 9.80 Å². The van der Waals surface area contributed by atoms with E-state index < -0.39 is 23.7 Å². The minimum atomic E-state index is -0.782. The van der Waals surface area contributed by atoms with Crippen LogP contribution in [0.2, 0.25) is 0 Å². The van der Waals surface area contributed by atoms with Crippen molar-refractivity contribution >= 4 is 23.4 Å². The second-order valence-corrected chi connectivity index (χ2v) is 9.09. The van der Waals surface area contributed by atoms with Gasteiger partial charge in [0, 0.05) is 25.1 Å². The molecular weight excluding hydrogens is 460 g/mol. The van der Waals surface area contributed by atoms with Crippen molar-refractivity contribution in [2.75, 3.05) is 33.3 Å². The average Bonchev–Trinajstić information content (AvgIpc) is 3.39. The van der Waals surface area contributed by atoms with Gasteiger partial charge in [-0.25, -0.2) is 4.79 Å². The van der Waals surface area contributed by atoms with E-state index in [1.165, 1.54) is 12.0 Å². The summed E-state index contributed by atoms with van der Waals surface area (Å²) in [5.74, 6) is -1.31. The lowest BCUT2D eigenvalue weighted by Gasteiger charge is -2.28. The Labute approximate surface area is 211 Å². The number of amides is 1. The van der Waals surface area contributed by atoms with Crippen molar-refractivity contribution in [2.45, 2.75) is 39.3 Å². The maximum Gasteiger partial charge on any atom is 0.337 e. The maximum absolute atomic E-state index is 13.3. The van der Waals surface area contributed by atoms with Gasteiger partial charge in [-0.2, -0.15) is 0 Å². The highest BCUT2D eigenvalue weighted by Crippen LogP contribution is 2.40. The number of aliphatic hydroxyl groups excluding tert-OH is 1. The molecule has 2 aliphatic rings. The molecule has 0 aliphatic carbocycles. The van der Waals surface area contributed by atoms with Crippen LogP contribution >= 0.6 is 0 Å². The second-order valence-electron chi connectivity index (χ2n) is 9.09. The van der Waals surface area contributed by atoms with E-state index in [9.17, 15) is 19.5 Å². The molecule has 0 aromatic heterocycles. The Morgan fingerprint density at radius 3 is 2.42 bits per heavy atom. The highest BCUT2D eigenvalue weighted by molar-refractivity contribution is 6.46. The van der Waals surface area contributed by atoms with Crippen molar-refractivity contribution in [3.8, 4) is 5.75 Å². The minimum Gasteiger partial charge on any atom is -0.507 e. The smallest absolute Gasteiger partial charge is 0.337 e. The van der Waals surface area contributed by atoms with E-state index in [1.807, 2.05) is 26.8 Å². The number of carbonyl (C=O) groups is 3. The number of esters is 1. The Balaban J connectivity index is 1.78. The number of ketones is 1. The summed E-state index contributed by atoms with van der Waals surface area (Å²) < 4.78 is 10.5. The predicted molar refractivity (Wildman–Crippen MR) is 135 cm³/mol. The lowest BCUT2D eigenvalue weighted by atomic mass is 9.94. The lowest BCUT2D eigenvalue weighted by molar-refractivity contribution is -0.140. The maximum atomic E-state index is 13.3. The fourth-order valence-electron chi connectivity index (χ4n) is 4.89. The zero-order valence-electron chi connectivity index (χ0n) is 21.1. The van der Waals surface area contributed by atoms with E-state index in [0.717, 1.165) is 24.4 Å². The van der Waals surface area contributed by atoms with E-state index in [4.69, 9.17) is 9.47 Å². The number of likely N-dealkylation sites (tertiary alicyclic amines) is 1. The SMILES string of the molecule is CCN(CC)CCN1C(=O)C(=O)C(=C(O)c2ccc3c(c2)C[C@@H](C)O3)[C@H]1c1ccc(C(=O)OC)cc1. The zero-order chi connectivity index (χ0) is 26.0. The van der Waals surface area contributed by atoms with Crippen LogP contribution in [-0.4, -0.2) is 72.0 Å². The minimum absolute atomic E-state index is 0.0383. The predicted octanol–water partition coefficient (Wildman–Crippen LogP) is 3.56. The first-order valence-corrected chi connectivity index (χ1v) is 12.3. The largest absolute Gasteiger partial charge is 0.507 e. The number of carbonyl (C=O) groups excluding carboxylic acids is 3. The Bertz CT molecular complexity index is 1200. The molecule has 4 rings (SSSR count). The lowest BCUT2D eigenvalue weighted by Crippen LogP contribution is -2.38. The first-order chi connectivity index (χ1) is 17.3. The summed E-state index contributed by atoms with van der Waals surface area (Å²) in [4.78, 5) is 42.1. The molecule has 1 amide bonds. The number of methoxy groups -OCH3 is 1. The van der Waals surface area contributed by atoms with Crippen LogP contribution in [0.15, 0.2) is 48.0 Å². The van der Waals surface area contributed by atoms with Gasteiger partial charge in [0.05, 0.1) is 24.3 Å². The van der Waals surface area contributed by atoms with Gasteiger partial charge in [0.1, 0.15) is 17.6 Å². The van der Waals surface area contributed by atoms with Crippen molar-refractivity contribution in [3.63, 3.8) is 0 Å². The normalized spacial score (nSPS) is 20.5. The van der Waals surface area contributed by atoms with Crippen LogP contribution in [0.5, 0.6) is 5.75 Å². The first-order valence-electron chi connectivity index (χ1n) is 12.3. The second kappa shape index (κ2) is 10.5. The molecule has 0 spiro atoms. The van der Waals surface area contributed by atoms with Crippen LogP contribution in [0.4, 0.5) is 0 Å². The molecule has 0 radical (unpaired) electrons. The molecule has 2 aromatic carbocycles. The third kappa shape index (κ3) is 4.73. The number of fused-ring (bicyclic) bond motifs is 1. The first kappa shape index (κ1) is 25.4. The summed E-state index contributed by atoms with van der Waals surface area (Å²) in [5.41, 5.74) is 2.43. The average molecular weight is 493 g/mol. The van der Waals surface area contributed by atoms with Crippen LogP contribution in [-0.2, 0) is 20.7 Å². The van der Waals surface area contributed by atoms with E-state index in [1.54, 1.807) is 36.4 Å². The fourth-order valence-corrected chi connectivity index (χ4v) is 4.89. The standard InChI is InChI=1S/C28H32N2O6/c1-5-29(6-2)13-14-30-24(18-7-9-19(10-8-18)28(34)35-4)23(26(32)27(30)33)25(31)20-11-12-22-21(16-20)15-17(3)36-22/h7-12,16-17,24,31H,5-6,13-15H2,1-4H3/t17-,24-/m1/s1. The molecule has 1 fully saturated rings. The number of hydrogen-bond donors (Lipinski definition) is 1. The quantitative estimate of drug-likeness (QED) is 0.261. The summed E-state index contributed by atoms with van der Waals surface area (Å²) in [7, 11) is 1.31. The molecule has 0 bridgehead atoms. The number of ether oxygens (including phenoxy) is 2. The fraction of sp³-hybridized carbons (Fsp3) is 0.393. The molecule has 2 aliphatic heterocycles. The number of hydrogen-bond acceptors (Lipinski definition) is 7. The Morgan fingerprint density at radius 1 is 1.11 bits per heavy atom. The molecule has 1 saturated heterocycles. The summed E-state index contributed by atoms with van der Waals surface area (Å²) in [6, 6.07) is 11.1. The molecule has 0 unspecified atom stereocenters. The summed E-state index contributed by atoms with van der Waals surface area (Å²) in [6.45, 7) is 8.59. The highest BCUT2D eigenvalue weighted by Gasteiger charge is 2.46. The van der Waals surface area contributed by atoms with Gasteiger partial charge < -0.3 is 24.4 Å². The van der Waals surface area contributed by atoms with Crippen LogP contribution < -0.4 is 4.74 Å². The molecule has 1 N–H and O–H groups in total. The van der Waals surface area contributed by atoms with Crippen LogP contribution in [0.25, 0.3) is 5.76 Å². The Hall–Kier alpha value is -3.65. The van der Waals surface area contributed by atoms with Gasteiger partial charge in [-0.3, -0.25) is 9.59 Å². The summed E-state index contributed by atoms with van der Waals surface area (Å²) in [6.07, 6.45) is 0.740. The van der Waals surface area contributed by atoms with Crippen molar-refractivity contribution in [2.24, 2.45) is 0 Å². The molecule has 8 heteroatoms. The summed E-state index contributed by atoms with van der Waals surface area (Å²) in [5, 5.41) is 11.4. The van der Waals surface area contributed by atoms with E-state index in [2.05, 4.69) is 4.90 Å². The van der Waals surface area contributed by atoms with Gasteiger partial charge in [0.15, 0.2) is 0 Å². The topological polar surface area (TPSA) is 96.4 Å². The number of rotatable bonds is 8. The van der Waals surface area contributed by atoms with Gasteiger partial charge in [-0.15, -0.1) is 0 Å². The summed E-state index contributed by atoms with van der Waals surface area (Å²) >= 11 is 0. The molecule has 190 valence electrons. The van der Waals surface area contributed by atoms with Crippen molar-refractivity contribution in [1.29, 1.82) is 0 Å². The number of likely N-dealkylation sites (N-methyl/N-ethyl adjacent to an activating group) is 1. The molecule has 2 aromatic rings. The number of nitrogens with zero attached hydrogens (tertiary/aromatic N) is 2. The monoisotopic (exact) mass is 492 g/mol. The third-order valence-electron chi connectivity index (χ3n) is 6.91. The van der Waals surface area contributed by atoms with E-state index in [0.29, 0.717) is 36.2 Å².